The molecule has 1 saturated carbocycles. The molecule has 0 bridgehead atoms. The SMILES string of the molecule is CCCCc1ccc(OC2CCCC2NCC)cc1. The van der Waals surface area contributed by atoms with Crippen molar-refractivity contribution in [2.45, 2.75) is 64.5 Å². The van der Waals surface area contributed by atoms with Crippen LogP contribution in [0.1, 0.15) is 51.5 Å². The molecule has 1 aromatic rings. The maximum absolute atomic E-state index is 6.14. The summed E-state index contributed by atoms with van der Waals surface area (Å²) < 4.78 is 6.14. The van der Waals surface area contributed by atoms with Gasteiger partial charge in [-0.3, -0.25) is 0 Å². The fourth-order valence-electron chi connectivity index (χ4n) is 2.85. The van der Waals surface area contributed by atoms with Crippen LogP contribution in [0.3, 0.4) is 0 Å². The van der Waals surface area contributed by atoms with Crippen LogP contribution in [0.15, 0.2) is 24.3 Å². The molecule has 106 valence electrons. The Balaban J connectivity index is 1.88. The predicted octanol–water partition coefficient (Wildman–Crippen LogP) is 3.94. The molecule has 1 N–H and O–H groups in total. The van der Waals surface area contributed by atoms with Gasteiger partial charge in [0, 0.05) is 6.04 Å². The molecule has 2 nitrogen and oxygen atoms in total. The van der Waals surface area contributed by atoms with E-state index in [1.54, 1.807) is 0 Å². The first-order valence-corrected chi connectivity index (χ1v) is 7.82. The highest BCUT2D eigenvalue weighted by atomic mass is 16.5. The highest BCUT2D eigenvalue weighted by Gasteiger charge is 2.27. The highest BCUT2D eigenvalue weighted by molar-refractivity contribution is 5.27. The summed E-state index contributed by atoms with van der Waals surface area (Å²) >= 11 is 0. The zero-order chi connectivity index (χ0) is 13.5. The molecule has 0 aromatic heterocycles. The van der Waals surface area contributed by atoms with Crippen molar-refractivity contribution in [1.82, 2.24) is 5.32 Å². The van der Waals surface area contributed by atoms with Crippen molar-refractivity contribution in [2.75, 3.05) is 6.54 Å². The average molecular weight is 261 g/mol. The minimum atomic E-state index is 0.349. The number of unbranched alkanes of at least 4 members (excludes halogenated alkanes) is 1. The fraction of sp³-hybridized carbons (Fsp3) is 0.647. The number of nitrogens with one attached hydrogen (secondary N) is 1. The lowest BCUT2D eigenvalue weighted by atomic mass is 10.1. The summed E-state index contributed by atoms with van der Waals surface area (Å²) in [4.78, 5) is 0. The molecule has 0 aliphatic heterocycles. The number of ether oxygens (including phenoxy) is 1. The van der Waals surface area contributed by atoms with E-state index in [-0.39, 0.29) is 0 Å². The number of aryl methyl sites for hydroxylation is 1. The van der Waals surface area contributed by atoms with Crippen LogP contribution in [0.2, 0.25) is 0 Å². The third-order valence-corrected chi connectivity index (χ3v) is 3.95. The lowest BCUT2D eigenvalue weighted by molar-refractivity contribution is 0.176. The molecule has 0 radical (unpaired) electrons. The van der Waals surface area contributed by atoms with Gasteiger partial charge in [0.05, 0.1) is 0 Å². The second kappa shape index (κ2) is 7.54. The molecule has 1 fully saturated rings. The van der Waals surface area contributed by atoms with Crippen molar-refractivity contribution in [3.05, 3.63) is 29.8 Å². The van der Waals surface area contributed by atoms with Crippen LogP contribution in [0.4, 0.5) is 0 Å². The molecule has 1 aromatic carbocycles. The Labute approximate surface area is 117 Å². The van der Waals surface area contributed by atoms with E-state index in [0.29, 0.717) is 12.1 Å². The molecule has 0 amide bonds. The maximum Gasteiger partial charge on any atom is 0.119 e. The third-order valence-electron chi connectivity index (χ3n) is 3.95. The largest absolute Gasteiger partial charge is 0.489 e. The quantitative estimate of drug-likeness (QED) is 0.802. The first-order valence-electron chi connectivity index (χ1n) is 7.82. The van der Waals surface area contributed by atoms with Crippen LogP contribution in [0, 0.1) is 0 Å². The van der Waals surface area contributed by atoms with Crippen molar-refractivity contribution in [2.24, 2.45) is 0 Å². The lowest BCUT2D eigenvalue weighted by Gasteiger charge is -2.22. The van der Waals surface area contributed by atoms with Gasteiger partial charge in [-0.2, -0.15) is 0 Å². The molecule has 1 aliphatic rings. The number of benzene rings is 1. The van der Waals surface area contributed by atoms with Crippen molar-refractivity contribution in [3.8, 4) is 5.75 Å². The van der Waals surface area contributed by atoms with Crippen molar-refractivity contribution in [1.29, 1.82) is 0 Å². The Bertz CT molecular complexity index is 360. The molecular formula is C17H27NO. The average Bonchev–Trinajstić information content (AvgIpc) is 2.86. The predicted molar refractivity (Wildman–Crippen MR) is 80.8 cm³/mol. The summed E-state index contributed by atoms with van der Waals surface area (Å²) in [5.74, 6) is 1.02. The first kappa shape index (κ1) is 14.4. The first-order chi connectivity index (χ1) is 9.33. The summed E-state index contributed by atoms with van der Waals surface area (Å²) in [5, 5.41) is 3.53. The Morgan fingerprint density at radius 3 is 2.63 bits per heavy atom. The van der Waals surface area contributed by atoms with E-state index in [1.165, 1.54) is 44.1 Å². The molecule has 0 heterocycles. The minimum Gasteiger partial charge on any atom is -0.489 e. The zero-order valence-corrected chi connectivity index (χ0v) is 12.3. The number of likely N-dealkylation sites (N-methyl/N-ethyl adjacent to an activating group) is 1. The Morgan fingerprint density at radius 2 is 1.95 bits per heavy atom. The van der Waals surface area contributed by atoms with Gasteiger partial charge in [0.2, 0.25) is 0 Å². The second-order valence-electron chi connectivity index (χ2n) is 5.50. The van der Waals surface area contributed by atoms with Gasteiger partial charge in [-0.1, -0.05) is 32.4 Å². The third kappa shape index (κ3) is 4.24. The molecule has 2 atom stereocenters. The van der Waals surface area contributed by atoms with Crippen LogP contribution in [0.5, 0.6) is 5.75 Å². The summed E-state index contributed by atoms with van der Waals surface area (Å²) in [7, 11) is 0. The number of rotatable bonds is 7. The Kier molecular flexibility index (Phi) is 5.71. The van der Waals surface area contributed by atoms with E-state index in [0.717, 1.165) is 12.3 Å². The Hall–Kier alpha value is -1.02. The molecule has 1 aliphatic carbocycles. The fourth-order valence-corrected chi connectivity index (χ4v) is 2.85. The van der Waals surface area contributed by atoms with Crippen LogP contribution in [-0.4, -0.2) is 18.7 Å². The van der Waals surface area contributed by atoms with Crippen LogP contribution >= 0.6 is 0 Å². The Morgan fingerprint density at radius 1 is 1.16 bits per heavy atom. The van der Waals surface area contributed by atoms with Crippen LogP contribution < -0.4 is 10.1 Å². The second-order valence-corrected chi connectivity index (χ2v) is 5.50. The van der Waals surface area contributed by atoms with Gasteiger partial charge in [-0.25, -0.2) is 0 Å². The van der Waals surface area contributed by atoms with E-state index in [1.807, 2.05) is 0 Å². The normalized spacial score (nSPS) is 22.6. The van der Waals surface area contributed by atoms with E-state index in [4.69, 9.17) is 4.74 Å². The van der Waals surface area contributed by atoms with E-state index in [9.17, 15) is 0 Å². The molecule has 2 rings (SSSR count). The summed E-state index contributed by atoms with van der Waals surface area (Å²) in [5.41, 5.74) is 1.42. The molecular weight excluding hydrogens is 234 g/mol. The molecule has 0 saturated heterocycles. The van der Waals surface area contributed by atoms with Gasteiger partial charge in [-0.15, -0.1) is 0 Å². The van der Waals surface area contributed by atoms with Gasteiger partial charge in [0.1, 0.15) is 11.9 Å². The van der Waals surface area contributed by atoms with Crippen molar-refractivity contribution in [3.63, 3.8) is 0 Å². The van der Waals surface area contributed by atoms with E-state index >= 15 is 0 Å². The monoisotopic (exact) mass is 261 g/mol. The lowest BCUT2D eigenvalue weighted by Crippen LogP contribution is -2.38. The van der Waals surface area contributed by atoms with Crippen LogP contribution in [0.25, 0.3) is 0 Å². The van der Waals surface area contributed by atoms with Gasteiger partial charge >= 0.3 is 0 Å². The molecule has 19 heavy (non-hydrogen) atoms. The van der Waals surface area contributed by atoms with Crippen molar-refractivity contribution < 1.29 is 4.74 Å². The van der Waals surface area contributed by atoms with Gasteiger partial charge in [0.25, 0.3) is 0 Å². The molecule has 2 heteroatoms. The molecule has 0 spiro atoms. The summed E-state index contributed by atoms with van der Waals surface area (Å²) in [6, 6.07) is 9.22. The van der Waals surface area contributed by atoms with Gasteiger partial charge in [-0.05, 0) is 56.3 Å². The smallest absolute Gasteiger partial charge is 0.119 e. The summed E-state index contributed by atoms with van der Waals surface area (Å²) in [6.45, 7) is 5.43. The number of hydrogen-bond donors (Lipinski definition) is 1. The van der Waals surface area contributed by atoms with Gasteiger partial charge in [0.15, 0.2) is 0 Å². The van der Waals surface area contributed by atoms with Gasteiger partial charge < -0.3 is 10.1 Å². The van der Waals surface area contributed by atoms with E-state index in [2.05, 4.69) is 43.4 Å². The zero-order valence-electron chi connectivity index (χ0n) is 12.3. The standard InChI is InChI=1S/C17H27NO/c1-3-5-7-14-10-12-15(13-11-14)19-17-9-6-8-16(17)18-4-2/h10-13,16-18H,3-9H2,1-2H3. The van der Waals surface area contributed by atoms with E-state index < -0.39 is 0 Å². The number of hydrogen-bond acceptors (Lipinski definition) is 2. The summed E-state index contributed by atoms with van der Waals surface area (Å²) in [6.07, 6.45) is 7.75. The van der Waals surface area contributed by atoms with Crippen molar-refractivity contribution >= 4 is 0 Å². The topological polar surface area (TPSA) is 21.3 Å². The molecule has 2 unspecified atom stereocenters. The van der Waals surface area contributed by atoms with Crippen LogP contribution in [-0.2, 0) is 6.42 Å². The highest BCUT2D eigenvalue weighted by Crippen LogP contribution is 2.25. The maximum atomic E-state index is 6.14. The minimum absolute atomic E-state index is 0.349.